The molecule has 1 aliphatic rings. The Bertz CT molecular complexity index is 304. The van der Waals surface area contributed by atoms with Crippen LogP contribution in [0.2, 0.25) is 0 Å². The van der Waals surface area contributed by atoms with Crippen molar-refractivity contribution in [3.8, 4) is 0 Å². The van der Waals surface area contributed by atoms with Gasteiger partial charge < -0.3 is 19.9 Å². The second-order valence-electron chi connectivity index (χ2n) is 5.59. The summed E-state index contributed by atoms with van der Waals surface area (Å²) in [5, 5.41) is 0. The van der Waals surface area contributed by atoms with Crippen LogP contribution in [0.15, 0.2) is 0 Å². The van der Waals surface area contributed by atoms with Crippen LogP contribution in [0.4, 0.5) is 0 Å². The van der Waals surface area contributed by atoms with Crippen molar-refractivity contribution in [3.63, 3.8) is 0 Å². The highest BCUT2D eigenvalue weighted by atomic mass is 16.5. The first-order valence-corrected chi connectivity index (χ1v) is 9.57. The number of methoxy groups -OCH3 is 1. The number of rotatable bonds is 11. The zero-order valence-corrected chi connectivity index (χ0v) is 16.7. The van der Waals surface area contributed by atoms with Gasteiger partial charge in [0.15, 0.2) is 0 Å². The Morgan fingerprint density at radius 3 is 1.92 bits per heavy atom. The van der Waals surface area contributed by atoms with Gasteiger partial charge in [-0.15, -0.1) is 0 Å². The number of ketones is 1. The lowest BCUT2D eigenvalue weighted by molar-refractivity contribution is -0.123. The van der Waals surface area contributed by atoms with E-state index in [0.717, 1.165) is 19.3 Å². The molecule has 0 radical (unpaired) electrons. The van der Waals surface area contributed by atoms with Crippen molar-refractivity contribution in [2.24, 2.45) is 11.7 Å². The van der Waals surface area contributed by atoms with Crippen LogP contribution in [0.1, 0.15) is 65.7 Å². The summed E-state index contributed by atoms with van der Waals surface area (Å²) in [6.07, 6.45) is 7.21. The van der Waals surface area contributed by atoms with E-state index in [1.165, 1.54) is 19.3 Å². The molecule has 1 amide bonds. The molecule has 0 aromatic carbocycles. The Kier molecular flexibility index (Phi) is 22.1. The third-order valence-corrected chi connectivity index (χ3v) is 3.71. The molecule has 0 aromatic heterocycles. The second-order valence-corrected chi connectivity index (χ2v) is 5.59. The van der Waals surface area contributed by atoms with Gasteiger partial charge in [0.25, 0.3) is 0 Å². The summed E-state index contributed by atoms with van der Waals surface area (Å²) in [5.41, 5.74) is 4.91. The van der Waals surface area contributed by atoms with Crippen LogP contribution in [-0.4, -0.2) is 51.8 Å². The van der Waals surface area contributed by atoms with E-state index < -0.39 is 0 Å². The minimum absolute atomic E-state index is 0.262. The van der Waals surface area contributed by atoms with Gasteiger partial charge >= 0.3 is 0 Å². The van der Waals surface area contributed by atoms with Crippen molar-refractivity contribution in [1.29, 1.82) is 0 Å². The van der Waals surface area contributed by atoms with Crippen molar-refractivity contribution >= 4 is 11.7 Å². The van der Waals surface area contributed by atoms with Crippen molar-refractivity contribution in [2.75, 3.05) is 40.1 Å². The highest BCUT2D eigenvalue weighted by molar-refractivity contribution is 5.80. The summed E-state index contributed by atoms with van der Waals surface area (Å²) in [7, 11) is 1.62. The summed E-state index contributed by atoms with van der Waals surface area (Å²) in [6, 6.07) is 0. The molecule has 0 atom stereocenters. The highest BCUT2D eigenvalue weighted by Crippen LogP contribution is 2.24. The third-order valence-electron chi connectivity index (χ3n) is 3.71. The van der Waals surface area contributed by atoms with E-state index in [-0.39, 0.29) is 12.3 Å². The number of hydrogen-bond acceptors (Lipinski definition) is 5. The van der Waals surface area contributed by atoms with Crippen molar-refractivity contribution in [1.82, 2.24) is 0 Å². The van der Waals surface area contributed by atoms with E-state index >= 15 is 0 Å². The van der Waals surface area contributed by atoms with Gasteiger partial charge in [0.1, 0.15) is 5.78 Å². The monoisotopic (exact) mass is 361 g/mol. The van der Waals surface area contributed by atoms with Crippen LogP contribution >= 0.6 is 0 Å². The Hall–Kier alpha value is -0.980. The molecule has 1 fully saturated rings. The van der Waals surface area contributed by atoms with Crippen LogP contribution in [-0.2, 0) is 23.8 Å². The van der Waals surface area contributed by atoms with Crippen LogP contribution < -0.4 is 5.73 Å². The molecule has 0 heterocycles. The lowest BCUT2D eigenvalue weighted by atomic mass is 9.85. The quantitative estimate of drug-likeness (QED) is 0.571. The minimum Gasteiger partial charge on any atom is -0.382 e. The van der Waals surface area contributed by atoms with Gasteiger partial charge in [0.05, 0.1) is 33.0 Å². The summed E-state index contributed by atoms with van der Waals surface area (Å²) < 4.78 is 14.9. The molecular formula is C19H39NO5. The molecule has 1 saturated carbocycles. The topological polar surface area (TPSA) is 87.8 Å². The Labute approximate surface area is 153 Å². The fraction of sp³-hybridized carbons (Fsp3) is 0.895. The lowest BCUT2D eigenvalue weighted by Gasteiger charge is -2.19. The molecule has 0 aliphatic heterocycles. The molecule has 0 saturated heterocycles. The predicted octanol–water partition coefficient (Wildman–Crippen LogP) is 3.11. The van der Waals surface area contributed by atoms with Crippen molar-refractivity contribution in [2.45, 2.75) is 65.7 Å². The van der Waals surface area contributed by atoms with Gasteiger partial charge in [-0.2, -0.15) is 0 Å². The molecule has 1 rings (SSSR count). The predicted molar refractivity (Wildman–Crippen MR) is 101 cm³/mol. The lowest BCUT2D eigenvalue weighted by Crippen LogP contribution is -2.16. The molecule has 0 aromatic rings. The molecule has 6 heteroatoms. The number of primary amides is 1. The van der Waals surface area contributed by atoms with Crippen molar-refractivity contribution in [3.05, 3.63) is 0 Å². The number of amides is 1. The first kappa shape index (κ1) is 26.3. The molecule has 1 aliphatic carbocycles. The average Bonchev–Trinajstić information content (AvgIpc) is 2.66. The maximum absolute atomic E-state index is 11.2. The van der Waals surface area contributed by atoms with E-state index in [4.69, 9.17) is 19.9 Å². The number of nitrogens with two attached hydrogens (primary N) is 1. The Balaban J connectivity index is 0. The van der Waals surface area contributed by atoms with Gasteiger partial charge in [0, 0.05) is 25.9 Å². The Morgan fingerprint density at radius 1 is 0.920 bits per heavy atom. The first-order chi connectivity index (χ1) is 12.1. The van der Waals surface area contributed by atoms with Gasteiger partial charge in [-0.3, -0.25) is 9.59 Å². The van der Waals surface area contributed by atoms with E-state index in [1.54, 1.807) is 7.11 Å². The van der Waals surface area contributed by atoms with E-state index in [9.17, 15) is 9.59 Å². The number of Topliss-reactive ketones (excluding diaryl/α,β-unsaturated/α-hetero) is 1. The summed E-state index contributed by atoms with van der Waals surface area (Å²) in [4.78, 5) is 21.4. The molecule has 6 nitrogen and oxygen atoms in total. The maximum atomic E-state index is 11.2. The zero-order valence-electron chi connectivity index (χ0n) is 16.7. The largest absolute Gasteiger partial charge is 0.382 e. The van der Waals surface area contributed by atoms with E-state index in [0.29, 0.717) is 44.7 Å². The zero-order chi connectivity index (χ0) is 19.3. The van der Waals surface area contributed by atoms with E-state index in [1.807, 2.05) is 20.8 Å². The van der Waals surface area contributed by atoms with Gasteiger partial charge in [-0.25, -0.2) is 0 Å². The summed E-state index contributed by atoms with van der Waals surface area (Å²) in [5.74, 6) is 0.568. The van der Waals surface area contributed by atoms with E-state index in [2.05, 4.69) is 0 Å². The number of ether oxygens (including phenoxy) is 3. The molecule has 0 unspecified atom stereocenters. The van der Waals surface area contributed by atoms with Gasteiger partial charge in [-0.05, 0) is 12.8 Å². The second kappa shape index (κ2) is 21.1. The molecule has 150 valence electrons. The van der Waals surface area contributed by atoms with Crippen molar-refractivity contribution < 1.29 is 23.8 Å². The third kappa shape index (κ3) is 19.2. The fourth-order valence-electron chi connectivity index (χ4n) is 2.35. The maximum Gasteiger partial charge on any atom is 0.219 e. The normalized spacial score (nSPS) is 13.9. The van der Waals surface area contributed by atoms with Crippen LogP contribution in [0.25, 0.3) is 0 Å². The molecule has 2 N–H and O–H groups in total. The number of carbonyl (C=O) groups is 2. The van der Waals surface area contributed by atoms with Gasteiger partial charge in [0.2, 0.25) is 5.91 Å². The summed E-state index contributed by atoms with van der Waals surface area (Å²) >= 11 is 0. The summed E-state index contributed by atoms with van der Waals surface area (Å²) in [6.45, 7) is 8.48. The number of carbonyl (C=O) groups excluding carboxylic acids is 2. The molecule has 25 heavy (non-hydrogen) atoms. The van der Waals surface area contributed by atoms with Crippen LogP contribution in [0.5, 0.6) is 0 Å². The first-order valence-electron chi connectivity index (χ1n) is 9.57. The average molecular weight is 362 g/mol. The van der Waals surface area contributed by atoms with Gasteiger partial charge in [-0.1, -0.05) is 40.0 Å². The standard InChI is InChI=1S/C9H16O.C8H17NO4.C2H6/c1-2-9(10)8-6-4-3-5-7-8;1-11-4-5-13-7-6-12-3-2-8(9)10;1-2/h8H,2-7H2,1H3;2-7H2,1H3,(H2,9,10);1-2H3. The SMILES string of the molecule is CC.CCC(=O)C1CCCCC1.COCCOCCOCCC(N)=O. The molecule has 0 spiro atoms. The fourth-order valence-corrected chi connectivity index (χ4v) is 2.35. The van der Waals surface area contributed by atoms with Crippen LogP contribution in [0.3, 0.4) is 0 Å². The molecular weight excluding hydrogens is 322 g/mol. The highest BCUT2D eigenvalue weighted by Gasteiger charge is 2.18. The van der Waals surface area contributed by atoms with Crippen LogP contribution in [0, 0.1) is 5.92 Å². The Morgan fingerprint density at radius 2 is 1.44 bits per heavy atom. The number of hydrogen-bond donors (Lipinski definition) is 1. The smallest absolute Gasteiger partial charge is 0.219 e. The minimum atomic E-state index is -0.347. The molecule has 0 bridgehead atoms.